The maximum atomic E-state index is 11.7. The molecule has 0 heterocycles. The van der Waals surface area contributed by atoms with Gasteiger partial charge >= 0.3 is 6.09 Å². The topological polar surface area (TPSA) is 104 Å². The van der Waals surface area contributed by atoms with Crippen LogP contribution in [0.3, 0.4) is 0 Å². The van der Waals surface area contributed by atoms with Crippen molar-refractivity contribution >= 4 is 41.9 Å². The largest absolute Gasteiger partial charge is 0.444 e. The summed E-state index contributed by atoms with van der Waals surface area (Å²) in [7, 11) is 1.66. The van der Waals surface area contributed by atoms with Crippen molar-refractivity contribution in [2.75, 3.05) is 33.2 Å². The fraction of sp³-hybridized carbons (Fsp3) is 0.812. The summed E-state index contributed by atoms with van der Waals surface area (Å²) >= 11 is 0. The van der Waals surface area contributed by atoms with Crippen molar-refractivity contribution in [3.8, 4) is 0 Å². The molecule has 0 aliphatic rings. The molecule has 2 amide bonds. The molecule has 0 radical (unpaired) electrons. The van der Waals surface area contributed by atoms with Gasteiger partial charge in [0, 0.05) is 38.6 Å². The summed E-state index contributed by atoms with van der Waals surface area (Å²) in [6.45, 7) is 13.0. The number of ether oxygens (including phenoxy) is 1. The lowest BCUT2D eigenvalue weighted by atomic mass is 9.96. The van der Waals surface area contributed by atoms with Crippen LogP contribution in [0.4, 0.5) is 4.79 Å². The highest BCUT2D eigenvalue weighted by Crippen LogP contribution is 2.11. The summed E-state index contributed by atoms with van der Waals surface area (Å²) in [5.74, 6) is 0.611. The number of guanidine groups is 1. The van der Waals surface area contributed by atoms with Gasteiger partial charge in [-0.1, -0.05) is 20.8 Å². The van der Waals surface area contributed by atoms with E-state index in [1.807, 2.05) is 41.5 Å². The Kier molecular flexibility index (Phi) is 12.6. The Morgan fingerprint density at radius 3 is 1.68 bits per heavy atom. The highest BCUT2D eigenvalue weighted by Gasteiger charge is 2.20. The van der Waals surface area contributed by atoms with Crippen LogP contribution in [-0.4, -0.2) is 56.8 Å². The average Bonchev–Trinajstić information content (AvgIpc) is 2.42. The molecule has 0 aliphatic carbocycles. The van der Waals surface area contributed by atoms with E-state index in [9.17, 15) is 9.59 Å². The number of amides is 2. The van der Waals surface area contributed by atoms with Gasteiger partial charge in [-0.15, -0.1) is 24.0 Å². The Bertz CT molecular complexity index is 442. The summed E-state index contributed by atoms with van der Waals surface area (Å²) in [5.41, 5.74) is -0.903. The SMILES string of the molecule is CN=C(NCCNC(=O)OC(C)(C)C)NCCNC(=O)C(C)(C)C.I. The molecule has 8 nitrogen and oxygen atoms in total. The summed E-state index contributed by atoms with van der Waals surface area (Å²) in [4.78, 5) is 27.3. The lowest BCUT2D eigenvalue weighted by molar-refractivity contribution is -0.128. The number of halogens is 1. The first-order chi connectivity index (χ1) is 11.0. The van der Waals surface area contributed by atoms with Gasteiger partial charge in [0.15, 0.2) is 5.96 Å². The fourth-order valence-electron chi connectivity index (χ4n) is 1.50. The zero-order chi connectivity index (χ0) is 18.8. The maximum absolute atomic E-state index is 11.7. The standard InChI is InChI=1S/C16H33N5O3.HI/c1-15(2,3)12(22)18-8-9-19-13(17-7)20-10-11-21-14(23)24-16(4,5)6;/h8-11H2,1-7H3,(H,18,22)(H,21,23)(H2,17,19,20);1H. The Morgan fingerprint density at radius 1 is 0.840 bits per heavy atom. The molecule has 148 valence electrons. The first kappa shape index (κ1) is 26.0. The van der Waals surface area contributed by atoms with E-state index in [-0.39, 0.29) is 29.9 Å². The molecule has 0 fully saturated rings. The van der Waals surface area contributed by atoms with Gasteiger partial charge in [-0.05, 0) is 20.8 Å². The van der Waals surface area contributed by atoms with E-state index in [1.165, 1.54) is 0 Å². The second-order valence-electron chi connectivity index (χ2n) is 7.36. The number of nitrogens with one attached hydrogen (secondary N) is 4. The molecule has 0 unspecified atom stereocenters. The third kappa shape index (κ3) is 14.8. The van der Waals surface area contributed by atoms with Gasteiger partial charge in [-0.25, -0.2) is 4.79 Å². The number of aliphatic imine (C=N–C) groups is 1. The van der Waals surface area contributed by atoms with Crippen LogP contribution in [0, 0.1) is 5.41 Å². The van der Waals surface area contributed by atoms with Gasteiger partial charge in [0.1, 0.15) is 5.60 Å². The molecule has 0 saturated heterocycles. The molecule has 0 atom stereocenters. The molecule has 0 rings (SSSR count). The number of nitrogens with zero attached hydrogens (tertiary/aromatic N) is 1. The number of alkyl carbamates (subject to hydrolysis) is 1. The molecule has 0 aromatic carbocycles. The predicted octanol–water partition coefficient (Wildman–Crippen LogP) is 1.46. The molecule has 0 saturated carbocycles. The van der Waals surface area contributed by atoms with Gasteiger partial charge in [-0.3, -0.25) is 9.79 Å². The minimum absolute atomic E-state index is 0. The Balaban J connectivity index is 0. The molecule has 0 aliphatic heterocycles. The summed E-state index contributed by atoms with van der Waals surface area (Å²) in [6.07, 6.45) is -0.447. The Hall–Kier alpha value is -1.26. The van der Waals surface area contributed by atoms with E-state index < -0.39 is 17.1 Å². The van der Waals surface area contributed by atoms with Crippen LogP contribution in [-0.2, 0) is 9.53 Å². The molecule has 4 N–H and O–H groups in total. The van der Waals surface area contributed by atoms with E-state index >= 15 is 0 Å². The average molecular weight is 471 g/mol. The van der Waals surface area contributed by atoms with Gasteiger partial charge in [0.05, 0.1) is 0 Å². The predicted molar refractivity (Wildman–Crippen MR) is 111 cm³/mol. The van der Waals surface area contributed by atoms with Crippen molar-refractivity contribution in [1.29, 1.82) is 0 Å². The zero-order valence-corrected chi connectivity index (χ0v) is 18.7. The molecular weight excluding hydrogens is 437 g/mol. The third-order valence-electron chi connectivity index (χ3n) is 2.69. The van der Waals surface area contributed by atoms with E-state index in [2.05, 4.69) is 26.3 Å². The summed E-state index contributed by atoms with van der Waals surface area (Å²) in [5, 5.41) is 11.6. The van der Waals surface area contributed by atoms with Crippen LogP contribution < -0.4 is 21.3 Å². The minimum atomic E-state index is -0.507. The molecule has 0 spiro atoms. The van der Waals surface area contributed by atoms with E-state index in [0.717, 1.165) is 0 Å². The Morgan fingerprint density at radius 2 is 1.28 bits per heavy atom. The van der Waals surface area contributed by atoms with Crippen LogP contribution in [0.2, 0.25) is 0 Å². The van der Waals surface area contributed by atoms with Crippen LogP contribution in [0.25, 0.3) is 0 Å². The monoisotopic (exact) mass is 471 g/mol. The molecule has 0 aromatic rings. The summed E-state index contributed by atoms with van der Waals surface area (Å²) < 4.78 is 5.14. The number of hydrogen-bond acceptors (Lipinski definition) is 4. The number of carbonyl (C=O) groups excluding carboxylic acids is 2. The van der Waals surface area contributed by atoms with Crippen LogP contribution in [0.1, 0.15) is 41.5 Å². The maximum Gasteiger partial charge on any atom is 0.407 e. The highest BCUT2D eigenvalue weighted by molar-refractivity contribution is 14.0. The number of rotatable bonds is 6. The lowest BCUT2D eigenvalue weighted by Crippen LogP contribution is -2.45. The minimum Gasteiger partial charge on any atom is -0.444 e. The van der Waals surface area contributed by atoms with E-state index in [0.29, 0.717) is 32.1 Å². The van der Waals surface area contributed by atoms with Crippen molar-refractivity contribution in [3.05, 3.63) is 0 Å². The van der Waals surface area contributed by atoms with Gasteiger partial charge < -0.3 is 26.0 Å². The smallest absolute Gasteiger partial charge is 0.407 e. The second kappa shape index (κ2) is 12.2. The van der Waals surface area contributed by atoms with E-state index in [4.69, 9.17) is 4.74 Å². The van der Waals surface area contributed by atoms with Gasteiger partial charge in [0.25, 0.3) is 0 Å². The van der Waals surface area contributed by atoms with Gasteiger partial charge in [-0.2, -0.15) is 0 Å². The fourth-order valence-corrected chi connectivity index (χ4v) is 1.50. The first-order valence-electron chi connectivity index (χ1n) is 8.15. The molecule has 0 bridgehead atoms. The molecule has 0 aromatic heterocycles. The third-order valence-corrected chi connectivity index (χ3v) is 2.69. The Labute approximate surface area is 168 Å². The van der Waals surface area contributed by atoms with Crippen molar-refractivity contribution in [2.45, 2.75) is 47.1 Å². The van der Waals surface area contributed by atoms with Crippen LogP contribution >= 0.6 is 24.0 Å². The van der Waals surface area contributed by atoms with Gasteiger partial charge in [0.2, 0.25) is 5.91 Å². The van der Waals surface area contributed by atoms with Crippen molar-refractivity contribution in [3.63, 3.8) is 0 Å². The first-order valence-corrected chi connectivity index (χ1v) is 8.15. The number of hydrogen-bond donors (Lipinski definition) is 4. The lowest BCUT2D eigenvalue weighted by Gasteiger charge is -2.20. The van der Waals surface area contributed by atoms with Crippen LogP contribution in [0.15, 0.2) is 4.99 Å². The summed E-state index contributed by atoms with van der Waals surface area (Å²) in [6, 6.07) is 0. The zero-order valence-electron chi connectivity index (χ0n) is 16.4. The van der Waals surface area contributed by atoms with Crippen LogP contribution in [0.5, 0.6) is 0 Å². The van der Waals surface area contributed by atoms with Crippen molar-refractivity contribution < 1.29 is 14.3 Å². The highest BCUT2D eigenvalue weighted by atomic mass is 127. The normalized spacial score (nSPS) is 11.9. The molecular formula is C16H34IN5O3. The van der Waals surface area contributed by atoms with E-state index in [1.54, 1.807) is 7.05 Å². The molecule has 9 heteroatoms. The second-order valence-corrected chi connectivity index (χ2v) is 7.36. The van der Waals surface area contributed by atoms with Crippen molar-refractivity contribution in [2.24, 2.45) is 10.4 Å². The van der Waals surface area contributed by atoms with Crippen molar-refractivity contribution in [1.82, 2.24) is 21.3 Å². The molecule has 25 heavy (non-hydrogen) atoms. The quantitative estimate of drug-likeness (QED) is 0.203. The number of carbonyl (C=O) groups is 2.